The highest BCUT2D eigenvalue weighted by Crippen LogP contribution is 2.38. The van der Waals surface area contributed by atoms with E-state index in [0.29, 0.717) is 0 Å². The molecule has 2 amide bonds. The molecule has 0 spiro atoms. The zero-order valence-electron chi connectivity index (χ0n) is 14.9. The van der Waals surface area contributed by atoms with E-state index in [4.69, 9.17) is 4.74 Å². The maximum Gasteiger partial charge on any atom is 0.333 e. The summed E-state index contributed by atoms with van der Waals surface area (Å²) in [6.07, 6.45) is 7.18. The zero-order chi connectivity index (χ0) is 19.0. The van der Waals surface area contributed by atoms with Crippen LogP contribution < -0.4 is 14.8 Å². The summed E-state index contributed by atoms with van der Waals surface area (Å²) in [7, 11) is -2.89. The highest BCUT2D eigenvalue weighted by atomic mass is 32.2. The van der Waals surface area contributed by atoms with Crippen molar-refractivity contribution in [2.75, 3.05) is 12.4 Å². The van der Waals surface area contributed by atoms with Crippen LogP contribution in [0, 0.1) is 0 Å². The zero-order valence-corrected chi connectivity index (χ0v) is 15.7. The molecule has 0 atom stereocenters. The van der Waals surface area contributed by atoms with Gasteiger partial charge < -0.3 is 10.1 Å². The van der Waals surface area contributed by atoms with E-state index in [0.717, 1.165) is 55.3 Å². The first-order valence-electron chi connectivity index (χ1n) is 8.85. The van der Waals surface area contributed by atoms with Gasteiger partial charge in [-0.15, -0.1) is 5.10 Å². The molecule has 0 unspecified atom stereocenters. The van der Waals surface area contributed by atoms with Gasteiger partial charge in [0.1, 0.15) is 0 Å². The average molecular weight is 388 g/mol. The smallest absolute Gasteiger partial charge is 0.333 e. The van der Waals surface area contributed by atoms with Crippen molar-refractivity contribution in [1.82, 2.24) is 14.9 Å². The van der Waals surface area contributed by atoms with Gasteiger partial charge in [-0.25, -0.2) is 9.52 Å². The number of carbonyl (C=O) groups excluding carboxylic acids is 1. The summed E-state index contributed by atoms with van der Waals surface area (Å²) in [5.74, 6) is 0.0202. The Balaban J connectivity index is 1.61. The Labute approximate surface area is 157 Å². The van der Waals surface area contributed by atoms with E-state index in [1.165, 1.54) is 30.5 Å². The lowest BCUT2D eigenvalue weighted by atomic mass is 9.99. The molecule has 0 saturated heterocycles. The number of methoxy groups -OCH3 is 1. The van der Waals surface area contributed by atoms with Crippen LogP contribution in [0.2, 0.25) is 0 Å². The number of sulfonamides is 1. The SMILES string of the molecule is COc1ccnnc1S(=O)(=O)NC(=O)Nc1c2c(cc3c1CCC3)CCC2. The third kappa shape index (κ3) is 3.23. The van der Waals surface area contributed by atoms with Crippen LogP contribution in [-0.2, 0) is 35.7 Å². The van der Waals surface area contributed by atoms with Crippen molar-refractivity contribution in [3.8, 4) is 5.75 Å². The number of amides is 2. The minimum absolute atomic E-state index is 0.0202. The number of urea groups is 1. The molecule has 0 aliphatic heterocycles. The van der Waals surface area contributed by atoms with Crippen molar-refractivity contribution in [1.29, 1.82) is 0 Å². The van der Waals surface area contributed by atoms with E-state index >= 15 is 0 Å². The van der Waals surface area contributed by atoms with Crippen molar-refractivity contribution >= 4 is 21.7 Å². The predicted molar refractivity (Wildman–Crippen MR) is 98.4 cm³/mol. The van der Waals surface area contributed by atoms with Crippen molar-refractivity contribution in [3.05, 3.63) is 40.6 Å². The molecule has 9 heteroatoms. The number of aryl methyl sites for hydroxylation is 2. The first-order chi connectivity index (χ1) is 13.0. The summed E-state index contributed by atoms with van der Waals surface area (Å²) in [5, 5.41) is 9.52. The number of aromatic nitrogens is 2. The topological polar surface area (TPSA) is 110 Å². The number of fused-ring (bicyclic) bond motifs is 2. The maximum absolute atomic E-state index is 12.5. The second-order valence-electron chi connectivity index (χ2n) is 6.70. The molecule has 8 nitrogen and oxygen atoms in total. The average Bonchev–Trinajstić information content (AvgIpc) is 3.30. The predicted octanol–water partition coefficient (Wildman–Crippen LogP) is 1.97. The fraction of sp³-hybridized carbons (Fsp3) is 0.389. The van der Waals surface area contributed by atoms with Crippen molar-refractivity contribution < 1.29 is 17.9 Å². The van der Waals surface area contributed by atoms with Crippen LogP contribution in [0.25, 0.3) is 0 Å². The number of ether oxygens (including phenoxy) is 1. The monoisotopic (exact) mass is 388 g/mol. The number of hydrogen-bond acceptors (Lipinski definition) is 6. The van der Waals surface area contributed by atoms with Gasteiger partial charge in [0.2, 0.25) is 5.03 Å². The molecule has 142 valence electrons. The molecule has 0 bridgehead atoms. The first kappa shape index (κ1) is 17.7. The fourth-order valence-corrected chi connectivity index (χ4v) is 4.89. The van der Waals surface area contributed by atoms with Crippen LogP contribution in [0.15, 0.2) is 23.4 Å². The van der Waals surface area contributed by atoms with E-state index in [9.17, 15) is 13.2 Å². The molecule has 0 radical (unpaired) electrons. The summed E-state index contributed by atoms with van der Waals surface area (Å²) in [4.78, 5) is 12.5. The molecule has 2 N–H and O–H groups in total. The van der Waals surface area contributed by atoms with Gasteiger partial charge in [-0.1, -0.05) is 6.07 Å². The lowest BCUT2D eigenvalue weighted by Crippen LogP contribution is -2.35. The number of nitrogens with zero attached hydrogens (tertiary/aromatic N) is 2. The summed E-state index contributed by atoms with van der Waals surface area (Å²) in [6.45, 7) is 0. The summed E-state index contributed by atoms with van der Waals surface area (Å²) >= 11 is 0. The molecule has 2 aromatic rings. The van der Waals surface area contributed by atoms with Crippen LogP contribution in [-0.4, -0.2) is 31.8 Å². The lowest BCUT2D eigenvalue weighted by molar-refractivity contribution is 0.256. The Hall–Kier alpha value is -2.68. The number of hydrogen-bond donors (Lipinski definition) is 2. The highest BCUT2D eigenvalue weighted by molar-refractivity contribution is 7.90. The lowest BCUT2D eigenvalue weighted by Gasteiger charge is -2.16. The van der Waals surface area contributed by atoms with Crippen LogP contribution in [0.3, 0.4) is 0 Å². The van der Waals surface area contributed by atoms with Gasteiger partial charge in [0.25, 0.3) is 10.0 Å². The minimum atomic E-state index is -4.21. The summed E-state index contributed by atoms with van der Waals surface area (Å²) in [5.41, 5.74) is 5.53. The first-order valence-corrected chi connectivity index (χ1v) is 10.3. The Kier molecular flexibility index (Phi) is 4.47. The minimum Gasteiger partial charge on any atom is -0.494 e. The van der Waals surface area contributed by atoms with Gasteiger partial charge >= 0.3 is 6.03 Å². The second-order valence-corrected chi connectivity index (χ2v) is 8.30. The van der Waals surface area contributed by atoms with Crippen LogP contribution in [0.1, 0.15) is 35.1 Å². The molecule has 1 aromatic heterocycles. The maximum atomic E-state index is 12.5. The quantitative estimate of drug-likeness (QED) is 0.829. The second kappa shape index (κ2) is 6.80. The molecule has 2 aliphatic rings. The molecule has 0 saturated carbocycles. The largest absolute Gasteiger partial charge is 0.494 e. The van der Waals surface area contributed by atoms with Gasteiger partial charge in [0.05, 0.1) is 13.3 Å². The number of rotatable bonds is 4. The number of anilines is 1. The van der Waals surface area contributed by atoms with Crippen molar-refractivity contribution in [2.45, 2.75) is 43.6 Å². The van der Waals surface area contributed by atoms with Gasteiger partial charge in [-0.05, 0) is 60.8 Å². The van der Waals surface area contributed by atoms with Crippen LogP contribution in [0.5, 0.6) is 5.75 Å². The van der Waals surface area contributed by atoms with E-state index in [1.54, 1.807) is 0 Å². The molecule has 27 heavy (non-hydrogen) atoms. The molecular formula is C18H20N4O4S. The third-order valence-electron chi connectivity index (χ3n) is 5.07. The summed E-state index contributed by atoms with van der Waals surface area (Å²) < 4.78 is 32.1. The van der Waals surface area contributed by atoms with E-state index in [-0.39, 0.29) is 5.75 Å². The Morgan fingerprint density at radius 3 is 2.41 bits per heavy atom. The molecule has 2 aliphatic carbocycles. The molecule has 0 fully saturated rings. The van der Waals surface area contributed by atoms with Crippen LogP contribution in [0.4, 0.5) is 10.5 Å². The Bertz CT molecular complexity index is 988. The molecule has 1 heterocycles. The van der Waals surface area contributed by atoms with Gasteiger partial charge in [-0.3, -0.25) is 0 Å². The van der Waals surface area contributed by atoms with Gasteiger partial charge in [0, 0.05) is 11.8 Å². The van der Waals surface area contributed by atoms with E-state index in [2.05, 4.69) is 21.6 Å². The number of carbonyl (C=O) groups is 1. The Morgan fingerprint density at radius 2 is 1.78 bits per heavy atom. The fourth-order valence-electron chi connectivity index (χ4n) is 3.93. The summed E-state index contributed by atoms with van der Waals surface area (Å²) in [6, 6.07) is 2.81. The van der Waals surface area contributed by atoms with E-state index in [1.807, 2.05) is 4.72 Å². The number of benzene rings is 1. The van der Waals surface area contributed by atoms with Gasteiger partial charge in [-0.2, -0.15) is 13.5 Å². The van der Waals surface area contributed by atoms with Gasteiger partial charge in [0.15, 0.2) is 5.75 Å². The highest BCUT2D eigenvalue weighted by Gasteiger charge is 2.28. The normalized spacial score (nSPS) is 15.1. The molecular weight excluding hydrogens is 368 g/mol. The standard InChI is InChI=1S/C18H20N4O4S/c1-26-15-8-9-19-21-17(15)27(24,25)22-18(23)20-16-13-6-2-4-11(13)10-12-5-3-7-14(12)16/h8-10H,2-7H2,1H3,(H2,20,22,23). The third-order valence-corrected chi connectivity index (χ3v) is 6.31. The van der Waals surface area contributed by atoms with Crippen molar-refractivity contribution in [2.24, 2.45) is 0 Å². The Morgan fingerprint density at radius 1 is 1.11 bits per heavy atom. The molecule has 4 rings (SSSR count). The van der Waals surface area contributed by atoms with E-state index < -0.39 is 21.1 Å². The van der Waals surface area contributed by atoms with Crippen molar-refractivity contribution in [3.63, 3.8) is 0 Å². The number of nitrogens with one attached hydrogen (secondary N) is 2. The van der Waals surface area contributed by atoms with Crippen LogP contribution >= 0.6 is 0 Å². The molecule has 1 aromatic carbocycles.